The van der Waals surface area contributed by atoms with Crippen LogP contribution in [-0.2, 0) is 16.0 Å². The Balaban J connectivity index is 1.78. The van der Waals surface area contributed by atoms with Crippen molar-refractivity contribution in [1.29, 1.82) is 0 Å². The van der Waals surface area contributed by atoms with Gasteiger partial charge in [0.2, 0.25) is 11.8 Å². The maximum atomic E-state index is 11.7. The number of hydrogen-bond acceptors (Lipinski definition) is 4. The van der Waals surface area contributed by atoms with Crippen LogP contribution in [0.1, 0.15) is 5.56 Å². The monoisotopic (exact) mass is 300 g/mol. The molecule has 4 nitrogen and oxygen atoms in total. The molecule has 0 aliphatic carbocycles. The average Bonchev–Trinajstić information content (AvgIpc) is 2.46. The lowest BCUT2D eigenvalue weighted by molar-refractivity contribution is -0.128. The summed E-state index contributed by atoms with van der Waals surface area (Å²) in [7, 11) is 0. The van der Waals surface area contributed by atoms with E-state index in [2.05, 4.69) is 5.32 Å². The fraction of sp³-hybridized carbons (Fsp3) is 0.125. The topological polar surface area (TPSA) is 72.2 Å². The van der Waals surface area contributed by atoms with Gasteiger partial charge in [-0.3, -0.25) is 14.9 Å². The zero-order valence-corrected chi connectivity index (χ0v) is 12.2. The lowest BCUT2D eigenvalue weighted by Crippen LogP contribution is -2.33. The van der Waals surface area contributed by atoms with Crippen molar-refractivity contribution in [3.05, 3.63) is 60.2 Å². The number of rotatable bonds is 5. The molecule has 0 aliphatic rings. The molecule has 0 unspecified atom stereocenters. The molecule has 2 aromatic carbocycles. The quantitative estimate of drug-likeness (QED) is 0.656. The van der Waals surface area contributed by atoms with Crippen LogP contribution in [0.2, 0.25) is 0 Å². The van der Waals surface area contributed by atoms with Gasteiger partial charge < -0.3 is 5.73 Å². The fourth-order valence-electron chi connectivity index (χ4n) is 1.77. The van der Waals surface area contributed by atoms with E-state index in [0.29, 0.717) is 5.69 Å². The van der Waals surface area contributed by atoms with Gasteiger partial charge >= 0.3 is 0 Å². The molecule has 0 saturated carbocycles. The van der Waals surface area contributed by atoms with Gasteiger partial charge in [0.25, 0.3) is 0 Å². The number of thioether (sulfide) groups is 1. The van der Waals surface area contributed by atoms with E-state index in [1.54, 1.807) is 12.1 Å². The van der Waals surface area contributed by atoms with Crippen molar-refractivity contribution in [3.63, 3.8) is 0 Å². The second-order valence-corrected chi connectivity index (χ2v) is 5.54. The second kappa shape index (κ2) is 7.50. The van der Waals surface area contributed by atoms with Gasteiger partial charge in [-0.1, -0.05) is 36.4 Å². The molecule has 3 N–H and O–H groups in total. The molecule has 0 saturated heterocycles. The second-order valence-electron chi connectivity index (χ2n) is 4.49. The highest BCUT2D eigenvalue weighted by molar-refractivity contribution is 8.00. The van der Waals surface area contributed by atoms with E-state index in [1.807, 2.05) is 42.5 Å². The summed E-state index contributed by atoms with van der Waals surface area (Å²) in [6.07, 6.45) is 0.204. The minimum Gasteiger partial charge on any atom is -0.399 e. The summed E-state index contributed by atoms with van der Waals surface area (Å²) in [6.45, 7) is 0. The molecule has 0 radical (unpaired) electrons. The SMILES string of the molecule is Nc1cccc(SCC(=O)NC(=O)Cc2ccccc2)c1. The van der Waals surface area contributed by atoms with E-state index in [0.717, 1.165) is 10.5 Å². The molecule has 0 spiro atoms. The number of benzene rings is 2. The van der Waals surface area contributed by atoms with Crippen LogP contribution in [0.3, 0.4) is 0 Å². The Morgan fingerprint density at radius 3 is 2.48 bits per heavy atom. The molecule has 0 fully saturated rings. The number of carbonyl (C=O) groups is 2. The van der Waals surface area contributed by atoms with Crippen LogP contribution < -0.4 is 11.1 Å². The van der Waals surface area contributed by atoms with Gasteiger partial charge in [-0.05, 0) is 23.8 Å². The van der Waals surface area contributed by atoms with Crippen molar-refractivity contribution in [3.8, 4) is 0 Å². The van der Waals surface area contributed by atoms with Crippen molar-refractivity contribution in [2.24, 2.45) is 0 Å². The highest BCUT2D eigenvalue weighted by Gasteiger charge is 2.09. The van der Waals surface area contributed by atoms with E-state index in [9.17, 15) is 9.59 Å². The molecule has 0 heterocycles. The van der Waals surface area contributed by atoms with Gasteiger partial charge in [-0.2, -0.15) is 0 Å². The van der Waals surface area contributed by atoms with Crippen LogP contribution in [0, 0.1) is 0 Å². The predicted molar refractivity (Wildman–Crippen MR) is 84.9 cm³/mol. The first-order chi connectivity index (χ1) is 10.1. The largest absolute Gasteiger partial charge is 0.399 e. The van der Waals surface area contributed by atoms with E-state index >= 15 is 0 Å². The third-order valence-electron chi connectivity index (χ3n) is 2.71. The average molecular weight is 300 g/mol. The Morgan fingerprint density at radius 1 is 1.00 bits per heavy atom. The van der Waals surface area contributed by atoms with Crippen LogP contribution in [-0.4, -0.2) is 17.6 Å². The lowest BCUT2D eigenvalue weighted by atomic mass is 10.1. The number of imide groups is 1. The summed E-state index contributed by atoms with van der Waals surface area (Å²) < 4.78 is 0. The molecular weight excluding hydrogens is 284 g/mol. The van der Waals surface area contributed by atoms with Crippen LogP contribution in [0.5, 0.6) is 0 Å². The highest BCUT2D eigenvalue weighted by Crippen LogP contribution is 2.19. The van der Waals surface area contributed by atoms with E-state index in [-0.39, 0.29) is 24.0 Å². The molecule has 5 heteroatoms. The van der Waals surface area contributed by atoms with E-state index in [4.69, 9.17) is 5.73 Å². The zero-order chi connectivity index (χ0) is 15.1. The Hall–Kier alpha value is -2.27. The normalized spacial score (nSPS) is 10.1. The molecule has 21 heavy (non-hydrogen) atoms. The molecule has 0 bridgehead atoms. The molecule has 108 valence electrons. The lowest BCUT2D eigenvalue weighted by Gasteiger charge is -2.05. The summed E-state index contributed by atoms with van der Waals surface area (Å²) in [5.41, 5.74) is 7.20. The molecule has 0 aliphatic heterocycles. The molecular formula is C16H16N2O2S. The summed E-state index contributed by atoms with van der Waals surface area (Å²) in [6, 6.07) is 16.6. The Kier molecular flexibility index (Phi) is 5.40. The van der Waals surface area contributed by atoms with Crippen molar-refractivity contribution in [2.45, 2.75) is 11.3 Å². The Morgan fingerprint density at radius 2 is 1.76 bits per heavy atom. The third-order valence-corrected chi connectivity index (χ3v) is 3.71. The molecule has 2 aromatic rings. The smallest absolute Gasteiger partial charge is 0.236 e. The maximum absolute atomic E-state index is 11.7. The molecule has 2 amide bonds. The predicted octanol–water partition coefficient (Wildman–Crippen LogP) is 2.25. The first-order valence-electron chi connectivity index (χ1n) is 6.48. The van der Waals surface area contributed by atoms with Crippen molar-refractivity contribution >= 4 is 29.3 Å². The third kappa shape index (κ3) is 5.31. The first kappa shape index (κ1) is 15.1. The van der Waals surface area contributed by atoms with Gasteiger partial charge in [-0.25, -0.2) is 0 Å². The zero-order valence-electron chi connectivity index (χ0n) is 11.4. The molecule has 2 rings (SSSR count). The van der Waals surface area contributed by atoms with Gasteiger partial charge in [0, 0.05) is 10.6 Å². The van der Waals surface area contributed by atoms with Crippen molar-refractivity contribution < 1.29 is 9.59 Å². The first-order valence-corrected chi connectivity index (χ1v) is 7.47. The number of nitrogens with two attached hydrogens (primary N) is 1. The minimum absolute atomic E-state index is 0.185. The maximum Gasteiger partial charge on any atom is 0.236 e. The Labute approximate surface area is 127 Å². The summed E-state index contributed by atoms with van der Waals surface area (Å²) in [5, 5.41) is 2.38. The number of amides is 2. The number of carbonyl (C=O) groups excluding carboxylic acids is 2. The Bertz CT molecular complexity index is 629. The fourth-order valence-corrected chi connectivity index (χ4v) is 2.53. The summed E-state index contributed by atoms with van der Waals surface area (Å²) in [4.78, 5) is 24.3. The van der Waals surface area contributed by atoms with Crippen LogP contribution in [0.15, 0.2) is 59.5 Å². The number of nitrogens with one attached hydrogen (secondary N) is 1. The van der Waals surface area contributed by atoms with Crippen LogP contribution >= 0.6 is 11.8 Å². The number of hydrogen-bond donors (Lipinski definition) is 2. The van der Waals surface area contributed by atoms with Gasteiger partial charge in [0.1, 0.15) is 0 Å². The number of anilines is 1. The van der Waals surface area contributed by atoms with Crippen molar-refractivity contribution in [1.82, 2.24) is 5.32 Å². The van der Waals surface area contributed by atoms with Gasteiger partial charge in [-0.15, -0.1) is 11.8 Å². The minimum atomic E-state index is -0.302. The number of nitrogen functional groups attached to an aromatic ring is 1. The standard InChI is InChI=1S/C16H16N2O2S/c17-13-7-4-8-14(10-13)21-11-16(20)18-15(19)9-12-5-2-1-3-6-12/h1-8,10H,9,11,17H2,(H,18,19,20). The highest BCUT2D eigenvalue weighted by atomic mass is 32.2. The van der Waals surface area contributed by atoms with Crippen LogP contribution in [0.4, 0.5) is 5.69 Å². The van der Waals surface area contributed by atoms with Crippen LogP contribution in [0.25, 0.3) is 0 Å². The molecule has 0 atom stereocenters. The summed E-state index contributed by atoms with van der Waals surface area (Å²) >= 11 is 1.35. The van der Waals surface area contributed by atoms with E-state index in [1.165, 1.54) is 11.8 Å². The van der Waals surface area contributed by atoms with E-state index < -0.39 is 0 Å². The van der Waals surface area contributed by atoms with Crippen molar-refractivity contribution in [2.75, 3.05) is 11.5 Å². The summed E-state index contributed by atoms with van der Waals surface area (Å²) in [5.74, 6) is -0.410. The van der Waals surface area contributed by atoms with Gasteiger partial charge in [0.15, 0.2) is 0 Å². The van der Waals surface area contributed by atoms with Gasteiger partial charge in [0.05, 0.1) is 12.2 Å². The molecule has 0 aromatic heterocycles.